The molecule has 7 heteroatoms. The minimum absolute atomic E-state index is 0.315. The van der Waals surface area contributed by atoms with Gasteiger partial charge in [0.1, 0.15) is 17.2 Å². The maximum absolute atomic E-state index is 12.9. The molecule has 0 aliphatic carbocycles. The van der Waals surface area contributed by atoms with Crippen LogP contribution in [0.4, 0.5) is 10.5 Å². The molecule has 1 aliphatic rings. The molecule has 0 bridgehead atoms. The van der Waals surface area contributed by atoms with Crippen LogP contribution in [-0.2, 0) is 4.79 Å². The van der Waals surface area contributed by atoms with E-state index in [1.165, 1.54) is 7.11 Å². The first-order valence-corrected chi connectivity index (χ1v) is 9.12. The summed E-state index contributed by atoms with van der Waals surface area (Å²) in [6.07, 6.45) is 1.65. The van der Waals surface area contributed by atoms with E-state index in [9.17, 15) is 9.59 Å². The van der Waals surface area contributed by atoms with Crippen LogP contribution in [0.5, 0.6) is 17.2 Å². The number of hydrogen-bond donors (Lipinski definition) is 0. The maximum Gasteiger partial charge on any atom is 0.298 e. The molecule has 6 nitrogen and oxygen atoms in total. The molecule has 1 fully saturated rings. The molecular formula is C20H19NO5S. The predicted octanol–water partition coefficient (Wildman–Crippen LogP) is 4.34. The third kappa shape index (κ3) is 3.78. The van der Waals surface area contributed by atoms with Gasteiger partial charge in [-0.3, -0.25) is 9.59 Å². The van der Waals surface area contributed by atoms with Gasteiger partial charge in [-0.05, 0) is 49.0 Å². The fourth-order valence-electron chi connectivity index (χ4n) is 2.67. The molecule has 0 N–H and O–H groups in total. The molecule has 2 amide bonds. The largest absolute Gasteiger partial charge is 0.497 e. The molecule has 0 saturated carbocycles. The summed E-state index contributed by atoms with van der Waals surface area (Å²) in [5, 5.41) is -0.370. The Balaban J connectivity index is 1.96. The molecule has 3 rings (SSSR count). The van der Waals surface area contributed by atoms with Gasteiger partial charge in [-0.1, -0.05) is 12.1 Å². The lowest BCUT2D eigenvalue weighted by Gasteiger charge is -2.16. The minimum atomic E-state index is -0.393. The Morgan fingerprint density at radius 1 is 1.04 bits per heavy atom. The molecule has 140 valence electrons. The second-order valence-corrected chi connectivity index (χ2v) is 6.52. The van der Waals surface area contributed by atoms with Crippen LogP contribution < -0.4 is 19.1 Å². The molecule has 1 saturated heterocycles. The number of benzene rings is 2. The number of carbonyl (C=O) groups is 2. The Morgan fingerprint density at radius 2 is 1.81 bits per heavy atom. The van der Waals surface area contributed by atoms with E-state index in [4.69, 9.17) is 14.2 Å². The highest BCUT2D eigenvalue weighted by Gasteiger charge is 2.37. The standard InChI is InChI=1S/C20H19NO5S/c1-4-26-16-8-6-5-7-15(16)21-19(22)18(27-20(21)23)11-13-9-10-14(24-2)12-17(13)25-3/h5-12H,4H2,1-3H3/b18-11-. The van der Waals surface area contributed by atoms with Crippen molar-refractivity contribution in [1.29, 1.82) is 0 Å². The topological polar surface area (TPSA) is 65.1 Å². The molecule has 1 heterocycles. The average Bonchev–Trinajstić information content (AvgIpc) is 2.96. The maximum atomic E-state index is 12.9. The van der Waals surface area contributed by atoms with Gasteiger partial charge in [0, 0.05) is 11.6 Å². The summed E-state index contributed by atoms with van der Waals surface area (Å²) >= 11 is 0.884. The summed E-state index contributed by atoms with van der Waals surface area (Å²) in [6.45, 7) is 2.28. The number of imide groups is 1. The fourth-order valence-corrected chi connectivity index (χ4v) is 3.50. The number of carbonyl (C=O) groups excluding carboxylic acids is 2. The molecule has 2 aromatic rings. The van der Waals surface area contributed by atoms with E-state index in [2.05, 4.69) is 0 Å². The van der Waals surface area contributed by atoms with E-state index in [1.807, 2.05) is 6.92 Å². The highest BCUT2D eigenvalue weighted by atomic mass is 32.2. The zero-order chi connectivity index (χ0) is 19.4. The number of para-hydroxylation sites is 2. The smallest absolute Gasteiger partial charge is 0.298 e. The molecule has 1 aliphatic heterocycles. The van der Waals surface area contributed by atoms with Crippen molar-refractivity contribution in [3.63, 3.8) is 0 Å². The Hall–Kier alpha value is -2.93. The SMILES string of the molecule is CCOc1ccccc1N1C(=O)S/C(=C\c2ccc(OC)cc2OC)C1=O. The number of anilines is 1. The van der Waals surface area contributed by atoms with E-state index < -0.39 is 5.91 Å². The highest BCUT2D eigenvalue weighted by Crippen LogP contribution is 2.40. The lowest BCUT2D eigenvalue weighted by atomic mass is 10.1. The van der Waals surface area contributed by atoms with E-state index in [0.29, 0.717) is 40.0 Å². The Bertz CT molecular complexity index is 909. The molecule has 27 heavy (non-hydrogen) atoms. The Morgan fingerprint density at radius 3 is 2.52 bits per heavy atom. The van der Waals surface area contributed by atoms with Gasteiger partial charge in [0.05, 0.1) is 31.4 Å². The monoisotopic (exact) mass is 385 g/mol. The third-order valence-electron chi connectivity index (χ3n) is 3.93. The van der Waals surface area contributed by atoms with Crippen molar-refractivity contribution in [2.75, 3.05) is 25.7 Å². The quantitative estimate of drug-likeness (QED) is 0.689. The van der Waals surface area contributed by atoms with Crippen molar-refractivity contribution in [1.82, 2.24) is 0 Å². The first kappa shape index (κ1) is 18.8. The number of hydrogen-bond acceptors (Lipinski definition) is 6. The zero-order valence-electron chi connectivity index (χ0n) is 15.2. The number of amides is 2. The molecule has 0 radical (unpaired) electrons. The van der Waals surface area contributed by atoms with Crippen LogP contribution in [0.25, 0.3) is 6.08 Å². The van der Waals surface area contributed by atoms with Gasteiger partial charge in [-0.2, -0.15) is 0 Å². The Labute approximate surface area is 161 Å². The average molecular weight is 385 g/mol. The summed E-state index contributed by atoms with van der Waals surface area (Å²) in [5.74, 6) is 1.29. The van der Waals surface area contributed by atoms with Gasteiger partial charge < -0.3 is 14.2 Å². The van der Waals surface area contributed by atoms with Gasteiger partial charge in [0.25, 0.3) is 11.1 Å². The summed E-state index contributed by atoms with van der Waals surface area (Å²) in [5.41, 5.74) is 1.12. The third-order valence-corrected chi connectivity index (χ3v) is 4.80. The number of thioether (sulfide) groups is 1. The van der Waals surface area contributed by atoms with Gasteiger partial charge in [0.15, 0.2) is 0 Å². The number of nitrogens with zero attached hydrogens (tertiary/aromatic N) is 1. The van der Waals surface area contributed by atoms with Crippen molar-refractivity contribution < 1.29 is 23.8 Å². The van der Waals surface area contributed by atoms with Crippen LogP contribution in [0.15, 0.2) is 47.4 Å². The minimum Gasteiger partial charge on any atom is -0.497 e. The summed E-state index contributed by atoms with van der Waals surface area (Å²) < 4.78 is 16.1. The van der Waals surface area contributed by atoms with Gasteiger partial charge in [-0.25, -0.2) is 4.90 Å². The van der Waals surface area contributed by atoms with Crippen LogP contribution in [0.3, 0.4) is 0 Å². The summed E-state index contributed by atoms with van der Waals surface area (Å²) in [6, 6.07) is 12.3. The predicted molar refractivity (Wildman–Crippen MR) is 106 cm³/mol. The van der Waals surface area contributed by atoms with Crippen molar-refractivity contribution in [3.8, 4) is 17.2 Å². The van der Waals surface area contributed by atoms with Gasteiger partial charge in [0.2, 0.25) is 0 Å². The van der Waals surface area contributed by atoms with Crippen LogP contribution in [-0.4, -0.2) is 32.0 Å². The van der Waals surface area contributed by atoms with Crippen molar-refractivity contribution in [2.24, 2.45) is 0 Å². The molecule has 0 aromatic heterocycles. The lowest BCUT2D eigenvalue weighted by Crippen LogP contribution is -2.28. The number of rotatable bonds is 6. The van der Waals surface area contributed by atoms with Crippen LogP contribution >= 0.6 is 11.8 Å². The molecule has 0 spiro atoms. The van der Waals surface area contributed by atoms with Crippen LogP contribution in [0.2, 0.25) is 0 Å². The first-order chi connectivity index (χ1) is 13.1. The normalized spacial score (nSPS) is 15.4. The first-order valence-electron chi connectivity index (χ1n) is 8.30. The molecule has 0 unspecified atom stereocenters. The van der Waals surface area contributed by atoms with Crippen molar-refractivity contribution >= 4 is 34.7 Å². The van der Waals surface area contributed by atoms with E-state index in [1.54, 1.807) is 55.7 Å². The number of ether oxygens (including phenoxy) is 3. The highest BCUT2D eigenvalue weighted by molar-refractivity contribution is 8.19. The second-order valence-electron chi connectivity index (χ2n) is 5.53. The molecular weight excluding hydrogens is 366 g/mol. The van der Waals surface area contributed by atoms with Crippen molar-refractivity contribution in [3.05, 3.63) is 52.9 Å². The van der Waals surface area contributed by atoms with E-state index >= 15 is 0 Å². The van der Waals surface area contributed by atoms with E-state index in [0.717, 1.165) is 16.7 Å². The zero-order valence-corrected chi connectivity index (χ0v) is 16.0. The second kappa shape index (κ2) is 8.18. The van der Waals surface area contributed by atoms with Crippen molar-refractivity contribution in [2.45, 2.75) is 6.92 Å². The fraction of sp³-hybridized carbons (Fsp3) is 0.200. The van der Waals surface area contributed by atoms with Gasteiger partial charge >= 0.3 is 0 Å². The molecule has 0 atom stereocenters. The van der Waals surface area contributed by atoms with Crippen LogP contribution in [0.1, 0.15) is 12.5 Å². The Kier molecular flexibility index (Phi) is 5.71. The summed E-state index contributed by atoms with van der Waals surface area (Å²) in [7, 11) is 3.10. The molecule has 2 aromatic carbocycles. The van der Waals surface area contributed by atoms with Crippen LogP contribution in [0, 0.1) is 0 Å². The number of methoxy groups -OCH3 is 2. The lowest BCUT2D eigenvalue weighted by molar-refractivity contribution is -0.113. The van der Waals surface area contributed by atoms with E-state index in [-0.39, 0.29) is 5.24 Å². The van der Waals surface area contributed by atoms with Gasteiger partial charge in [-0.15, -0.1) is 0 Å². The summed E-state index contributed by atoms with van der Waals surface area (Å²) in [4.78, 5) is 26.9.